The van der Waals surface area contributed by atoms with Gasteiger partial charge in [-0.05, 0) is 23.8 Å². The van der Waals surface area contributed by atoms with Crippen LogP contribution in [0.2, 0.25) is 0 Å². The van der Waals surface area contributed by atoms with Crippen LogP contribution in [0.4, 0.5) is 8.78 Å². The van der Waals surface area contributed by atoms with E-state index in [1.165, 1.54) is 18.3 Å². The van der Waals surface area contributed by atoms with E-state index in [-0.39, 0.29) is 30.3 Å². The molecule has 0 aliphatic heterocycles. The SMILES string of the molecule is O=C(Cn1ncc2ccccc2c1=O)NCc1ccc(OC(F)F)cc1. The highest BCUT2D eigenvalue weighted by Crippen LogP contribution is 2.14. The fourth-order valence-electron chi connectivity index (χ4n) is 2.42. The molecule has 0 atom stereocenters. The summed E-state index contributed by atoms with van der Waals surface area (Å²) in [7, 11) is 0. The number of benzene rings is 2. The summed E-state index contributed by atoms with van der Waals surface area (Å²) in [5, 5.41) is 7.85. The van der Waals surface area contributed by atoms with Crippen molar-refractivity contribution in [3.63, 3.8) is 0 Å². The van der Waals surface area contributed by atoms with Crippen LogP contribution < -0.4 is 15.6 Å². The number of amides is 1. The van der Waals surface area contributed by atoms with Crippen molar-refractivity contribution in [3.05, 3.63) is 70.6 Å². The van der Waals surface area contributed by atoms with Gasteiger partial charge in [0.15, 0.2) is 0 Å². The van der Waals surface area contributed by atoms with Gasteiger partial charge in [-0.2, -0.15) is 13.9 Å². The Morgan fingerprint density at radius 1 is 1.15 bits per heavy atom. The highest BCUT2D eigenvalue weighted by molar-refractivity contribution is 5.81. The summed E-state index contributed by atoms with van der Waals surface area (Å²) in [6, 6.07) is 12.9. The van der Waals surface area contributed by atoms with Crippen molar-refractivity contribution in [1.82, 2.24) is 15.1 Å². The second-order valence-electron chi connectivity index (χ2n) is 5.49. The lowest BCUT2D eigenvalue weighted by atomic mass is 10.2. The van der Waals surface area contributed by atoms with Crippen molar-refractivity contribution in [3.8, 4) is 5.75 Å². The Balaban J connectivity index is 1.61. The van der Waals surface area contributed by atoms with Gasteiger partial charge in [-0.3, -0.25) is 9.59 Å². The van der Waals surface area contributed by atoms with E-state index in [1.54, 1.807) is 36.4 Å². The number of fused-ring (bicyclic) bond motifs is 1. The van der Waals surface area contributed by atoms with Gasteiger partial charge in [0.1, 0.15) is 12.3 Å². The minimum atomic E-state index is -2.88. The molecule has 0 saturated carbocycles. The summed E-state index contributed by atoms with van der Waals surface area (Å²) in [5.74, 6) is -0.343. The molecule has 26 heavy (non-hydrogen) atoms. The van der Waals surface area contributed by atoms with Gasteiger partial charge >= 0.3 is 6.61 Å². The van der Waals surface area contributed by atoms with Crippen molar-refractivity contribution < 1.29 is 18.3 Å². The molecule has 1 amide bonds. The van der Waals surface area contributed by atoms with Crippen molar-refractivity contribution >= 4 is 16.7 Å². The minimum absolute atomic E-state index is 0.0435. The molecular formula is C18H15F2N3O3. The Hall–Kier alpha value is -3.29. The lowest BCUT2D eigenvalue weighted by Crippen LogP contribution is -2.33. The third-order valence-corrected chi connectivity index (χ3v) is 3.69. The fourth-order valence-corrected chi connectivity index (χ4v) is 2.42. The van der Waals surface area contributed by atoms with E-state index in [9.17, 15) is 18.4 Å². The van der Waals surface area contributed by atoms with Crippen molar-refractivity contribution in [2.24, 2.45) is 0 Å². The third kappa shape index (κ3) is 4.21. The summed E-state index contributed by atoms with van der Waals surface area (Å²) >= 11 is 0. The smallest absolute Gasteiger partial charge is 0.387 e. The van der Waals surface area contributed by atoms with Crippen molar-refractivity contribution in [1.29, 1.82) is 0 Å². The molecule has 3 aromatic rings. The van der Waals surface area contributed by atoms with Gasteiger partial charge in [0.2, 0.25) is 5.91 Å². The fraction of sp³-hybridized carbons (Fsp3) is 0.167. The molecule has 0 bridgehead atoms. The van der Waals surface area contributed by atoms with Crippen molar-refractivity contribution in [2.45, 2.75) is 19.7 Å². The largest absolute Gasteiger partial charge is 0.435 e. The standard InChI is InChI=1S/C18H15F2N3O3/c19-18(20)26-14-7-5-12(6-8-14)9-21-16(24)11-23-17(25)15-4-2-1-3-13(15)10-22-23/h1-8,10,18H,9,11H2,(H,21,24). The van der Waals surface area contributed by atoms with Crippen LogP contribution in [0.5, 0.6) is 5.75 Å². The van der Waals surface area contributed by atoms with Crippen LogP contribution in [0.1, 0.15) is 5.56 Å². The zero-order valence-corrected chi connectivity index (χ0v) is 13.6. The number of rotatable bonds is 6. The first-order chi connectivity index (χ1) is 12.5. The Bertz CT molecular complexity index is 971. The van der Waals surface area contributed by atoms with Gasteiger partial charge in [0.05, 0.1) is 11.6 Å². The summed E-state index contributed by atoms with van der Waals surface area (Å²) in [4.78, 5) is 24.4. The normalized spacial score (nSPS) is 10.9. The van der Waals surface area contributed by atoms with E-state index >= 15 is 0 Å². The van der Waals surface area contributed by atoms with E-state index in [0.29, 0.717) is 16.3 Å². The Kier molecular flexibility index (Phi) is 5.21. The van der Waals surface area contributed by atoms with Gasteiger partial charge in [-0.15, -0.1) is 0 Å². The number of aromatic nitrogens is 2. The van der Waals surface area contributed by atoms with Crippen LogP contribution in [0.3, 0.4) is 0 Å². The lowest BCUT2D eigenvalue weighted by molar-refractivity contribution is -0.122. The molecule has 1 N–H and O–H groups in total. The van der Waals surface area contributed by atoms with Crippen LogP contribution >= 0.6 is 0 Å². The summed E-state index contributed by atoms with van der Waals surface area (Å²) in [5.41, 5.74) is 0.366. The van der Waals surface area contributed by atoms with Gasteiger partial charge in [-0.1, -0.05) is 30.3 Å². The first kappa shape index (κ1) is 17.5. The number of halogens is 2. The first-order valence-electron chi connectivity index (χ1n) is 7.78. The molecule has 134 valence electrons. The van der Waals surface area contributed by atoms with E-state index in [1.807, 2.05) is 0 Å². The Morgan fingerprint density at radius 2 is 1.88 bits per heavy atom. The molecule has 1 heterocycles. The van der Waals surface area contributed by atoms with E-state index in [2.05, 4.69) is 15.2 Å². The summed E-state index contributed by atoms with van der Waals surface area (Å²) < 4.78 is 29.5. The minimum Gasteiger partial charge on any atom is -0.435 e. The number of nitrogens with zero attached hydrogens (tertiary/aromatic N) is 2. The number of nitrogens with one attached hydrogen (secondary N) is 1. The predicted molar refractivity (Wildman–Crippen MR) is 90.9 cm³/mol. The molecule has 0 spiro atoms. The average molecular weight is 359 g/mol. The average Bonchev–Trinajstić information content (AvgIpc) is 2.63. The number of carbonyl (C=O) groups is 1. The highest BCUT2D eigenvalue weighted by atomic mass is 19.3. The Labute approximate surface area is 147 Å². The predicted octanol–water partition coefficient (Wildman–Crippen LogP) is 2.31. The summed E-state index contributed by atoms with van der Waals surface area (Å²) in [6.07, 6.45) is 1.53. The zero-order valence-electron chi connectivity index (χ0n) is 13.6. The van der Waals surface area contributed by atoms with E-state index < -0.39 is 6.61 Å². The number of ether oxygens (including phenoxy) is 1. The lowest BCUT2D eigenvalue weighted by Gasteiger charge is -2.08. The maximum Gasteiger partial charge on any atom is 0.387 e. The van der Waals surface area contributed by atoms with E-state index in [0.717, 1.165) is 4.68 Å². The zero-order chi connectivity index (χ0) is 18.5. The maximum atomic E-state index is 12.3. The maximum absolute atomic E-state index is 12.3. The molecular weight excluding hydrogens is 344 g/mol. The molecule has 0 fully saturated rings. The van der Waals surface area contributed by atoms with Crippen molar-refractivity contribution in [2.75, 3.05) is 0 Å². The van der Waals surface area contributed by atoms with Crippen LogP contribution in [0.15, 0.2) is 59.5 Å². The molecule has 0 unspecified atom stereocenters. The number of alkyl halides is 2. The van der Waals surface area contributed by atoms with E-state index in [4.69, 9.17) is 0 Å². The second-order valence-corrected chi connectivity index (χ2v) is 5.49. The van der Waals surface area contributed by atoms with Gasteiger partial charge in [-0.25, -0.2) is 4.68 Å². The van der Waals surface area contributed by atoms with Crippen LogP contribution in [0.25, 0.3) is 10.8 Å². The first-order valence-corrected chi connectivity index (χ1v) is 7.78. The second kappa shape index (κ2) is 7.73. The van der Waals surface area contributed by atoms with Gasteiger partial charge in [0.25, 0.3) is 5.56 Å². The highest BCUT2D eigenvalue weighted by Gasteiger charge is 2.09. The quantitative estimate of drug-likeness (QED) is 0.733. The molecule has 0 aliphatic rings. The summed E-state index contributed by atoms with van der Waals surface area (Å²) in [6.45, 7) is -2.90. The number of hydrogen-bond acceptors (Lipinski definition) is 4. The Morgan fingerprint density at radius 3 is 2.62 bits per heavy atom. The molecule has 8 heteroatoms. The molecule has 2 aromatic carbocycles. The van der Waals surface area contributed by atoms with Crippen LogP contribution in [-0.2, 0) is 17.9 Å². The molecule has 6 nitrogen and oxygen atoms in total. The molecule has 1 aromatic heterocycles. The van der Waals surface area contributed by atoms with Gasteiger partial charge in [0, 0.05) is 11.9 Å². The third-order valence-electron chi connectivity index (χ3n) is 3.69. The topological polar surface area (TPSA) is 73.2 Å². The number of carbonyl (C=O) groups excluding carboxylic acids is 1. The monoisotopic (exact) mass is 359 g/mol. The van der Waals surface area contributed by atoms with Crippen LogP contribution in [0, 0.1) is 0 Å². The molecule has 0 aliphatic carbocycles. The molecule has 0 saturated heterocycles. The number of hydrogen-bond donors (Lipinski definition) is 1. The molecule has 3 rings (SSSR count). The van der Waals surface area contributed by atoms with Gasteiger partial charge < -0.3 is 10.1 Å². The van der Waals surface area contributed by atoms with Crippen LogP contribution in [-0.4, -0.2) is 22.3 Å². The molecule has 0 radical (unpaired) electrons.